The summed E-state index contributed by atoms with van der Waals surface area (Å²) in [4.78, 5) is 42.7. The van der Waals surface area contributed by atoms with Gasteiger partial charge in [-0.15, -0.1) is 0 Å². The molecule has 0 bridgehead atoms. The van der Waals surface area contributed by atoms with Gasteiger partial charge in [0, 0.05) is 12.5 Å². The molecular weight excluding hydrogens is 351 g/mol. The predicted molar refractivity (Wildman–Crippen MR) is 75.4 cm³/mol. The predicted octanol–water partition coefficient (Wildman–Crippen LogP) is -0.0969. The molecule has 25 heavy (non-hydrogen) atoms. The number of hydrogen-bond donors (Lipinski definition) is 4. The van der Waals surface area contributed by atoms with Crippen molar-refractivity contribution < 1.29 is 42.2 Å². The van der Waals surface area contributed by atoms with Gasteiger partial charge >= 0.3 is 18.2 Å². The lowest BCUT2D eigenvalue weighted by Gasteiger charge is -2.21. The molecule has 4 N–H and O–H groups in total. The number of halogens is 3. The van der Waals surface area contributed by atoms with Gasteiger partial charge in [-0.1, -0.05) is 0 Å². The van der Waals surface area contributed by atoms with Crippen LogP contribution in [0.25, 0.3) is 0 Å². The van der Waals surface area contributed by atoms with Crippen molar-refractivity contribution in [3.8, 4) is 0 Å². The Kier molecular flexibility index (Phi) is 7.61. The van der Waals surface area contributed by atoms with Gasteiger partial charge in [-0.3, -0.25) is 14.9 Å². The first-order chi connectivity index (χ1) is 11.6. The van der Waals surface area contributed by atoms with E-state index in [9.17, 15) is 27.6 Å². The highest BCUT2D eigenvalue weighted by atomic mass is 19.4. The van der Waals surface area contributed by atoms with E-state index in [4.69, 9.17) is 14.6 Å². The number of carbonyl (C=O) groups excluding carboxylic acids is 3. The summed E-state index contributed by atoms with van der Waals surface area (Å²) in [6, 6.07) is -0.468. The van der Waals surface area contributed by atoms with Gasteiger partial charge in [0.25, 0.3) is 0 Å². The van der Waals surface area contributed by atoms with Crippen molar-refractivity contribution in [1.29, 1.82) is 0 Å². The molecule has 0 aromatic rings. The Morgan fingerprint density at radius 1 is 1.28 bits per heavy atom. The van der Waals surface area contributed by atoms with Gasteiger partial charge in [-0.05, 0) is 25.8 Å². The monoisotopic (exact) mass is 369 g/mol. The molecule has 142 valence electrons. The Labute approximate surface area is 140 Å². The van der Waals surface area contributed by atoms with Gasteiger partial charge in [0.1, 0.15) is 12.6 Å². The van der Waals surface area contributed by atoms with E-state index in [-0.39, 0.29) is 18.4 Å². The molecule has 12 heteroatoms. The Morgan fingerprint density at radius 3 is 2.40 bits per heavy atom. The van der Waals surface area contributed by atoms with Crippen LogP contribution in [0.2, 0.25) is 0 Å². The first kappa shape index (κ1) is 20.7. The molecule has 2 rings (SSSR count). The third kappa shape index (κ3) is 7.83. The summed E-state index contributed by atoms with van der Waals surface area (Å²) in [6.07, 6.45) is -3.06. The fourth-order valence-corrected chi connectivity index (χ4v) is 2.09. The number of ether oxygens (including phenoxy) is 1. The summed E-state index contributed by atoms with van der Waals surface area (Å²) in [6.45, 7) is 1.25. The standard InChI is InChI=1S/C11H17N3O4.C2HF3O2/c15-9-4-3-8(10(16)14-9)13-11(17)18-6-7-2-1-5-12-7;3-2(4,5)1(6)7/h7-8,12H,1-6H2,(H,13,17)(H,14,15,16);(H,6,7)/t7-,8?;/m0./s1. The minimum atomic E-state index is -5.08. The summed E-state index contributed by atoms with van der Waals surface area (Å²) < 4.78 is 36.8. The molecule has 1 unspecified atom stereocenters. The zero-order valence-electron chi connectivity index (χ0n) is 13.0. The van der Waals surface area contributed by atoms with Crippen LogP contribution < -0.4 is 16.0 Å². The van der Waals surface area contributed by atoms with E-state index in [1.54, 1.807) is 0 Å². The van der Waals surface area contributed by atoms with Gasteiger partial charge < -0.3 is 20.5 Å². The lowest BCUT2D eigenvalue weighted by Crippen LogP contribution is -2.52. The van der Waals surface area contributed by atoms with Crippen LogP contribution in [0.4, 0.5) is 18.0 Å². The minimum absolute atomic E-state index is 0.206. The van der Waals surface area contributed by atoms with E-state index in [1.165, 1.54) is 0 Å². The molecule has 9 nitrogen and oxygen atoms in total. The van der Waals surface area contributed by atoms with Crippen LogP contribution in [0.3, 0.4) is 0 Å². The van der Waals surface area contributed by atoms with Gasteiger partial charge in [0.05, 0.1) is 0 Å². The molecule has 0 saturated carbocycles. The molecule has 0 aromatic carbocycles. The van der Waals surface area contributed by atoms with Crippen LogP contribution in [-0.4, -0.2) is 60.4 Å². The molecule has 3 amide bonds. The van der Waals surface area contributed by atoms with Crippen LogP contribution in [0.15, 0.2) is 0 Å². The van der Waals surface area contributed by atoms with Crippen molar-refractivity contribution in [2.45, 2.75) is 43.9 Å². The molecule has 2 aliphatic rings. The number of aliphatic carboxylic acids is 1. The summed E-state index contributed by atoms with van der Waals surface area (Å²) in [5.41, 5.74) is 0. The highest BCUT2D eigenvalue weighted by Gasteiger charge is 2.38. The molecule has 0 radical (unpaired) electrons. The van der Waals surface area contributed by atoms with Crippen molar-refractivity contribution in [3.63, 3.8) is 0 Å². The van der Waals surface area contributed by atoms with E-state index in [1.807, 2.05) is 0 Å². The number of nitrogens with one attached hydrogen (secondary N) is 3. The van der Waals surface area contributed by atoms with Crippen LogP contribution >= 0.6 is 0 Å². The van der Waals surface area contributed by atoms with Crippen molar-refractivity contribution >= 4 is 23.9 Å². The molecule has 2 saturated heterocycles. The number of carboxylic acid groups (broad SMARTS) is 1. The minimum Gasteiger partial charge on any atom is -0.475 e. The molecule has 2 atom stereocenters. The van der Waals surface area contributed by atoms with Gasteiger partial charge in [-0.2, -0.15) is 13.2 Å². The maximum Gasteiger partial charge on any atom is 0.490 e. The zero-order chi connectivity index (χ0) is 19.0. The highest BCUT2D eigenvalue weighted by Crippen LogP contribution is 2.13. The Balaban J connectivity index is 0.000000381. The Hall–Kier alpha value is -2.37. The van der Waals surface area contributed by atoms with Crippen molar-refractivity contribution in [2.24, 2.45) is 0 Å². The fraction of sp³-hybridized carbons (Fsp3) is 0.692. The first-order valence-electron chi connectivity index (χ1n) is 7.40. The molecule has 2 fully saturated rings. The average Bonchev–Trinajstić information content (AvgIpc) is 3.01. The fourth-order valence-electron chi connectivity index (χ4n) is 2.09. The topological polar surface area (TPSA) is 134 Å². The second-order valence-electron chi connectivity index (χ2n) is 5.34. The summed E-state index contributed by atoms with van der Waals surface area (Å²) >= 11 is 0. The summed E-state index contributed by atoms with van der Waals surface area (Å²) in [5, 5.41) is 15.0. The third-order valence-corrected chi connectivity index (χ3v) is 3.35. The van der Waals surface area contributed by atoms with Crippen molar-refractivity contribution in [2.75, 3.05) is 13.2 Å². The molecular formula is C13H18F3N3O6. The van der Waals surface area contributed by atoms with E-state index in [0.29, 0.717) is 13.0 Å². The number of alkyl halides is 3. The van der Waals surface area contributed by atoms with Crippen LogP contribution in [0.5, 0.6) is 0 Å². The molecule has 2 aliphatic heterocycles. The number of rotatable bonds is 3. The molecule has 0 aromatic heterocycles. The first-order valence-corrected chi connectivity index (χ1v) is 7.40. The molecule has 2 heterocycles. The number of carbonyl (C=O) groups is 4. The number of piperidine rings is 1. The van der Waals surface area contributed by atoms with Gasteiger partial charge in [0.2, 0.25) is 11.8 Å². The second kappa shape index (κ2) is 9.20. The van der Waals surface area contributed by atoms with E-state index in [2.05, 4.69) is 16.0 Å². The SMILES string of the molecule is O=C(O)C(F)(F)F.O=C1CCC(NC(=O)OC[C@@H]2CCCN2)C(=O)N1. The van der Waals surface area contributed by atoms with E-state index >= 15 is 0 Å². The smallest absolute Gasteiger partial charge is 0.475 e. The maximum atomic E-state index is 11.5. The van der Waals surface area contributed by atoms with E-state index < -0.39 is 30.2 Å². The number of carboxylic acids is 1. The number of imide groups is 1. The lowest BCUT2D eigenvalue weighted by molar-refractivity contribution is -0.192. The molecule has 0 aliphatic carbocycles. The Morgan fingerprint density at radius 2 is 1.92 bits per heavy atom. The van der Waals surface area contributed by atoms with Crippen molar-refractivity contribution in [1.82, 2.24) is 16.0 Å². The largest absolute Gasteiger partial charge is 0.490 e. The lowest BCUT2D eigenvalue weighted by atomic mass is 10.1. The second-order valence-corrected chi connectivity index (χ2v) is 5.34. The van der Waals surface area contributed by atoms with Gasteiger partial charge in [-0.25, -0.2) is 9.59 Å². The third-order valence-electron chi connectivity index (χ3n) is 3.35. The quantitative estimate of drug-likeness (QED) is 0.511. The zero-order valence-corrected chi connectivity index (χ0v) is 13.0. The maximum absolute atomic E-state index is 11.5. The number of alkyl carbamates (subject to hydrolysis) is 1. The average molecular weight is 369 g/mol. The normalized spacial score (nSPS) is 23.2. The highest BCUT2D eigenvalue weighted by molar-refractivity contribution is 6.01. The van der Waals surface area contributed by atoms with Crippen molar-refractivity contribution in [3.05, 3.63) is 0 Å². The molecule has 0 spiro atoms. The van der Waals surface area contributed by atoms with Crippen LogP contribution in [0.1, 0.15) is 25.7 Å². The van der Waals surface area contributed by atoms with Gasteiger partial charge in [0.15, 0.2) is 0 Å². The van der Waals surface area contributed by atoms with Crippen LogP contribution in [-0.2, 0) is 19.1 Å². The number of amides is 3. The van der Waals surface area contributed by atoms with Crippen LogP contribution in [0, 0.1) is 0 Å². The Bertz CT molecular complexity index is 520. The van der Waals surface area contributed by atoms with E-state index in [0.717, 1.165) is 19.4 Å². The summed E-state index contributed by atoms with van der Waals surface area (Å²) in [7, 11) is 0. The number of hydrogen-bond acceptors (Lipinski definition) is 6. The summed E-state index contributed by atoms with van der Waals surface area (Å²) in [5.74, 6) is -3.53.